The first kappa shape index (κ1) is 13.8. The average molecular weight is 272 g/mol. The fourth-order valence-corrected chi connectivity index (χ4v) is 3.58. The highest BCUT2D eigenvalue weighted by atomic mass is 16.6. The zero-order valence-electron chi connectivity index (χ0n) is 11.5. The van der Waals surface area contributed by atoms with Gasteiger partial charge in [-0.15, -0.1) is 0 Å². The van der Waals surface area contributed by atoms with Crippen LogP contribution in [0.3, 0.4) is 0 Å². The van der Waals surface area contributed by atoms with Crippen LogP contribution in [0.2, 0.25) is 0 Å². The van der Waals surface area contributed by atoms with Gasteiger partial charge >= 0.3 is 0 Å². The van der Waals surface area contributed by atoms with Gasteiger partial charge in [-0.1, -0.05) is 0 Å². The van der Waals surface area contributed by atoms with Crippen LogP contribution in [0.4, 0.5) is 0 Å². The minimum atomic E-state index is -0.642. The standard InChI is InChI=1S/C14H24O5/c1-14-8-10(16)13(12-9(15)4-2-6-17-12)19-11(14)5-3-7-18-14/h9-13,15-16H,2-8H2,1H3/t9-,10-,11-,12-,13-,14+/m0/s1. The van der Waals surface area contributed by atoms with Crippen molar-refractivity contribution >= 4 is 0 Å². The van der Waals surface area contributed by atoms with Gasteiger partial charge in [0.15, 0.2) is 0 Å². The van der Waals surface area contributed by atoms with Gasteiger partial charge in [-0.25, -0.2) is 0 Å². The van der Waals surface area contributed by atoms with E-state index in [4.69, 9.17) is 14.2 Å². The molecule has 3 saturated heterocycles. The Kier molecular flexibility index (Phi) is 3.84. The Hall–Kier alpha value is -0.200. The van der Waals surface area contributed by atoms with Crippen molar-refractivity contribution in [2.45, 2.75) is 75.1 Å². The third-order valence-electron chi connectivity index (χ3n) is 4.70. The van der Waals surface area contributed by atoms with Gasteiger partial charge in [-0.3, -0.25) is 0 Å². The highest BCUT2D eigenvalue weighted by molar-refractivity contribution is 5.00. The topological polar surface area (TPSA) is 68.2 Å². The summed E-state index contributed by atoms with van der Waals surface area (Å²) >= 11 is 0. The summed E-state index contributed by atoms with van der Waals surface area (Å²) in [5, 5.41) is 20.4. The van der Waals surface area contributed by atoms with Crippen LogP contribution >= 0.6 is 0 Å². The smallest absolute Gasteiger partial charge is 0.113 e. The lowest BCUT2D eigenvalue weighted by Gasteiger charge is -2.51. The third-order valence-corrected chi connectivity index (χ3v) is 4.70. The Labute approximate surface area is 113 Å². The molecular formula is C14H24O5. The highest BCUT2D eigenvalue weighted by Gasteiger charge is 2.51. The molecule has 0 bridgehead atoms. The van der Waals surface area contributed by atoms with E-state index in [1.165, 1.54) is 0 Å². The lowest BCUT2D eigenvalue weighted by molar-refractivity contribution is -0.277. The summed E-state index contributed by atoms with van der Waals surface area (Å²) in [7, 11) is 0. The Morgan fingerprint density at radius 3 is 2.58 bits per heavy atom. The minimum Gasteiger partial charge on any atom is -0.390 e. The monoisotopic (exact) mass is 272 g/mol. The summed E-state index contributed by atoms with van der Waals surface area (Å²) in [5.41, 5.74) is -0.395. The van der Waals surface area contributed by atoms with Crippen LogP contribution in [0.25, 0.3) is 0 Å². The molecule has 0 aliphatic carbocycles. The van der Waals surface area contributed by atoms with Crippen molar-refractivity contribution in [2.75, 3.05) is 13.2 Å². The van der Waals surface area contributed by atoms with Crippen LogP contribution < -0.4 is 0 Å². The van der Waals surface area contributed by atoms with Gasteiger partial charge in [0.05, 0.1) is 23.9 Å². The summed E-state index contributed by atoms with van der Waals surface area (Å²) in [6.45, 7) is 3.37. The maximum atomic E-state index is 10.3. The van der Waals surface area contributed by atoms with Gasteiger partial charge in [-0.05, 0) is 32.6 Å². The molecule has 3 aliphatic rings. The molecule has 0 spiro atoms. The summed E-state index contributed by atoms with van der Waals surface area (Å²) in [4.78, 5) is 0. The van der Waals surface area contributed by atoms with Crippen molar-refractivity contribution < 1.29 is 24.4 Å². The highest BCUT2D eigenvalue weighted by Crippen LogP contribution is 2.39. The van der Waals surface area contributed by atoms with Crippen molar-refractivity contribution in [1.29, 1.82) is 0 Å². The van der Waals surface area contributed by atoms with Gasteiger partial charge in [0, 0.05) is 19.6 Å². The summed E-state index contributed by atoms with van der Waals surface area (Å²) < 4.78 is 17.5. The fourth-order valence-electron chi connectivity index (χ4n) is 3.58. The van der Waals surface area contributed by atoms with Gasteiger partial charge < -0.3 is 24.4 Å². The van der Waals surface area contributed by atoms with Crippen LogP contribution in [0.15, 0.2) is 0 Å². The van der Waals surface area contributed by atoms with Crippen molar-refractivity contribution in [3.05, 3.63) is 0 Å². The third kappa shape index (κ3) is 2.54. The molecule has 0 aromatic heterocycles. The maximum Gasteiger partial charge on any atom is 0.113 e. The van der Waals surface area contributed by atoms with Gasteiger partial charge in [0.25, 0.3) is 0 Å². The minimum absolute atomic E-state index is 0.00706. The molecule has 2 N–H and O–H groups in total. The molecule has 5 nitrogen and oxygen atoms in total. The van der Waals surface area contributed by atoms with Crippen LogP contribution in [-0.2, 0) is 14.2 Å². The summed E-state index contributed by atoms with van der Waals surface area (Å²) in [6.07, 6.45) is 2.03. The molecule has 3 fully saturated rings. The molecule has 3 rings (SSSR count). The van der Waals surface area contributed by atoms with E-state index in [-0.39, 0.29) is 6.10 Å². The molecule has 0 unspecified atom stereocenters. The number of rotatable bonds is 1. The van der Waals surface area contributed by atoms with Crippen molar-refractivity contribution in [3.63, 3.8) is 0 Å². The predicted molar refractivity (Wildman–Crippen MR) is 67.9 cm³/mol. The Morgan fingerprint density at radius 1 is 1.00 bits per heavy atom. The Bertz CT molecular complexity index is 323. The van der Waals surface area contributed by atoms with Gasteiger partial charge in [-0.2, -0.15) is 0 Å². The SMILES string of the molecule is C[C@@]12C[C@H](O)[C@@H]([C@H]3OCCC[C@@H]3O)O[C@H]1CCCO2. The average Bonchev–Trinajstić information content (AvgIpc) is 2.38. The van der Waals surface area contributed by atoms with Gasteiger partial charge in [0.2, 0.25) is 0 Å². The number of aliphatic hydroxyl groups excluding tert-OH is 2. The second-order valence-electron chi connectivity index (χ2n) is 6.21. The molecule has 0 aromatic carbocycles. The number of aliphatic hydroxyl groups is 2. The quantitative estimate of drug-likeness (QED) is 0.732. The normalized spacial score (nSPS) is 51.6. The Balaban J connectivity index is 1.73. The second-order valence-corrected chi connectivity index (χ2v) is 6.21. The molecule has 3 aliphatic heterocycles. The molecular weight excluding hydrogens is 248 g/mol. The van der Waals surface area contributed by atoms with E-state index < -0.39 is 30.0 Å². The molecule has 110 valence electrons. The first-order chi connectivity index (χ1) is 9.10. The van der Waals surface area contributed by atoms with Crippen molar-refractivity contribution in [3.8, 4) is 0 Å². The van der Waals surface area contributed by atoms with E-state index >= 15 is 0 Å². The van der Waals surface area contributed by atoms with E-state index in [1.54, 1.807) is 0 Å². The fraction of sp³-hybridized carbons (Fsp3) is 1.00. The van der Waals surface area contributed by atoms with E-state index in [9.17, 15) is 10.2 Å². The van der Waals surface area contributed by atoms with Gasteiger partial charge in [0.1, 0.15) is 12.2 Å². The summed E-state index contributed by atoms with van der Waals surface area (Å²) in [6, 6.07) is 0. The molecule has 6 atom stereocenters. The molecule has 0 saturated carbocycles. The molecule has 19 heavy (non-hydrogen) atoms. The lowest BCUT2D eigenvalue weighted by Crippen LogP contribution is -2.62. The number of hydrogen-bond acceptors (Lipinski definition) is 5. The van der Waals surface area contributed by atoms with Crippen LogP contribution in [0, 0.1) is 0 Å². The van der Waals surface area contributed by atoms with Crippen molar-refractivity contribution in [1.82, 2.24) is 0 Å². The Morgan fingerprint density at radius 2 is 1.79 bits per heavy atom. The first-order valence-electron chi connectivity index (χ1n) is 7.37. The maximum absolute atomic E-state index is 10.3. The number of hydrogen-bond donors (Lipinski definition) is 2. The van der Waals surface area contributed by atoms with E-state index in [0.717, 1.165) is 32.3 Å². The zero-order valence-corrected chi connectivity index (χ0v) is 11.5. The molecule has 0 radical (unpaired) electrons. The van der Waals surface area contributed by atoms with Crippen molar-refractivity contribution in [2.24, 2.45) is 0 Å². The molecule has 0 amide bonds. The largest absolute Gasteiger partial charge is 0.390 e. The first-order valence-corrected chi connectivity index (χ1v) is 7.37. The number of ether oxygens (including phenoxy) is 3. The van der Waals surface area contributed by atoms with E-state index in [1.807, 2.05) is 6.92 Å². The summed E-state index contributed by atoms with van der Waals surface area (Å²) in [5.74, 6) is 0. The van der Waals surface area contributed by atoms with Crippen LogP contribution in [0.5, 0.6) is 0 Å². The lowest BCUT2D eigenvalue weighted by atomic mass is 9.80. The molecule has 3 heterocycles. The van der Waals surface area contributed by atoms with Crippen LogP contribution in [0.1, 0.15) is 39.0 Å². The van der Waals surface area contributed by atoms with E-state index in [0.29, 0.717) is 13.0 Å². The van der Waals surface area contributed by atoms with E-state index in [2.05, 4.69) is 0 Å². The second kappa shape index (κ2) is 5.30. The molecule has 0 aromatic rings. The predicted octanol–water partition coefficient (Wildman–Crippen LogP) is 0.614. The molecule has 5 heteroatoms. The van der Waals surface area contributed by atoms with Crippen LogP contribution in [-0.4, -0.2) is 59.5 Å². The zero-order chi connectivity index (χ0) is 13.5. The number of fused-ring (bicyclic) bond motifs is 1.